The number of amides is 1. The maximum absolute atomic E-state index is 12.2. The molecule has 7 nitrogen and oxygen atoms in total. The van der Waals surface area contributed by atoms with Gasteiger partial charge in [-0.15, -0.1) is 0 Å². The number of carbonyl (C=O) groups is 1. The van der Waals surface area contributed by atoms with Crippen LogP contribution in [0.25, 0.3) is 0 Å². The molecule has 1 heterocycles. The molecule has 0 aliphatic carbocycles. The van der Waals surface area contributed by atoms with Gasteiger partial charge in [0.1, 0.15) is 4.90 Å². The highest BCUT2D eigenvalue weighted by molar-refractivity contribution is 7.92. The van der Waals surface area contributed by atoms with E-state index in [0.717, 1.165) is 0 Å². The number of anilines is 1. The number of hydrogen-bond donors (Lipinski definition) is 1. The molecule has 0 spiro atoms. The fourth-order valence-corrected chi connectivity index (χ4v) is 3.17. The molecule has 2 aromatic rings. The van der Waals surface area contributed by atoms with Crippen LogP contribution in [0.1, 0.15) is 24.2 Å². The van der Waals surface area contributed by atoms with Crippen molar-refractivity contribution in [2.24, 2.45) is 7.05 Å². The SMILES string of the molecule is CCN(CC)C(=O)c1ccc(NS(=O)(=O)c2cnn(C)c2)cc1. The highest BCUT2D eigenvalue weighted by Crippen LogP contribution is 2.16. The van der Waals surface area contributed by atoms with Gasteiger partial charge in [0.05, 0.1) is 6.20 Å². The van der Waals surface area contributed by atoms with E-state index in [1.807, 2.05) is 13.8 Å². The molecule has 0 aliphatic heterocycles. The van der Waals surface area contributed by atoms with Crippen molar-refractivity contribution >= 4 is 21.6 Å². The van der Waals surface area contributed by atoms with Crippen molar-refractivity contribution < 1.29 is 13.2 Å². The Hall–Kier alpha value is -2.35. The minimum atomic E-state index is -3.68. The number of aryl methyl sites for hydroxylation is 1. The molecule has 1 aromatic heterocycles. The maximum Gasteiger partial charge on any atom is 0.265 e. The minimum absolute atomic E-state index is 0.0725. The fraction of sp³-hybridized carbons (Fsp3) is 0.333. The summed E-state index contributed by atoms with van der Waals surface area (Å²) in [5, 5.41) is 3.85. The molecule has 8 heteroatoms. The van der Waals surface area contributed by atoms with Crippen LogP contribution >= 0.6 is 0 Å². The second kappa shape index (κ2) is 6.82. The van der Waals surface area contributed by atoms with E-state index in [1.165, 1.54) is 17.1 Å². The van der Waals surface area contributed by atoms with Crippen molar-refractivity contribution in [3.8, 4) is 0 Å². The molecular weight excluding hydrogens is 316 g/mol. The molecule has 0 aliphatic rings. The third kappa shape index (κ3) is 3.89. The van der Waals surface area contributed by atoms with E-state index >= 15 is 0 Å². The molecule has 2 rings (SSSR count). The first kappa shape index (κ1) is 17.0. The van der Waals surface area contributed by atoms with Gasteiger partial charge in [-0.2, -0.15) is 5.10 Å². The Morgan fingerprint density at radius 1 is 1.22 bits per heavy atom. The van der Waals surface area contributed by atoms with Gasteiger partial charge in [-0.1, -0.05) is 0 Å². The fourth-order valence-electron chi connectivity index (χ4n) is 2.13. The molecular formula is C15H20N4O3S. The quantitative estimate of drug-likeness (QED) is 0.870. The Morgan fingerprint density at radius 2 is 1.83 bits per heavy atom. The molecule has 1 amide bonds. The van der Waals surface area contributed by atoms with Crippen molar-refractivity contribution in [1.29, 1.82) is 0 Å². The molecule has 124 valence electrons. The summed E-state index contributed by atoms with van der Waals surface area (Å²) in [4.78, 5) is 14.0. The van der Waals surface area contributed by atoms with E-state index in [2.05, 4.69) is 9.82 Å². The highest BCUT2D eigenvalue weighted by Gasteiger charge is 2.17. The normalized spacial score (nSPS) is 11.3. The summed E-state index contributed by atoms with van der Waals surface area (Å²) in [7, 11) is -2.03. The molecule has 0 atom stereocenters. The molecule has 1 N–H and O–H groups in total. The van der Waals surface area contributed by atoms with Crippen molar-refractivity contribution in [1.82, 2.24) is 14.7 Å². The van der Waals surface area contributed by atoms with E-state index < -0.39 is 10.0 Å². The highest BCUT2D eigenvalue weighted by atomic mass is 32.2. The van der Waals surface area contributed by atoms with Gasteiger partial charge in [0, 0.05) is 37.6 Å². The van der Waals surface area contributed by atoms with Crippen LogP contribution in [0, 0.1) is 0 Å². The number of nitrogens with zero attached hydrogens (tertiary/aromatic N) is 3. The second-order valence-corrected chi connectivity index (χ2v) is 6.69. The summed E-state index contributed by atoms with van der Waals surface area (Å²) >= 11 is 0. The number of sulfonamides is 1. The van der Waals surface area contributed by atoms with Gasteiger partial charge < -0.3 is 4.90 Å². The number of benzene rings is 1. The van der Waals surface area contributed by atoms with E-state index in [4.69, 9.17) is 0 Å². The Labute approximate surface area is 136 Å². The van der Waals surface area contributed by atoms with E-state index in [-0.39, 0.29) is 10.8 Å². The van der Waals surface area contributed by atoms with Crippen LogP contribution in [0.4, 0.5) is 5.69 Å². The van der Waals surface area contributed by atoms with Gasteiger partial charge in [-0.25, -0.2) is 8.42 Å². The third-order valence-corrected chi connectivity index (χ3v) is 4.76. The first-order chi connectivity index (χ1) is 10.9. The zero-order valence-electron chi connectivity index (χ0n) is 13.4. The third-order valence-electron chi connectivity index (χ3n) is 3.43. The summed E-state index contributed by atoms with van der Waals surface area (Å²) in [6.07, 6.45) is 2.70. The van der Waals surface area contributed by atoms with Gasteiger partial charge >= 0.3 is 0 Å². The molecule has 23 heavy (non-hydrogen) atoms. The maximum atomic E-state index is 12.2. The molecule has 0 fully saturated rings. The molecule has 0 radical (unpaired) electrons. The number of carbonyl (C=O) groups excluding carboxylic acids is 1. The molecule has 0 unspecified atom stereocenters. The van der Waals surface area contributed by atoms with Crippen molar-refractivity contribution in [2.75, 3.05) is 17.8 Å². The van der Waals surface area contributed by atoms with E-state index in [1.54, 1.807) is 36.2 Å². The van der Waals surface area contributed by atoms with Crippen LogP contribution < -0.4 is 4.72 Å². The van der Waals surface area contributed by atoms with Crippen molar-refractivity contribution in [3.63, 3.8) is 0 Å². The van der Waals surface area contributed by atoms with Gasteiger partial charge in [0.15, 0.2) is 0 Å². The van der Waals surface area contributed by atoms with Crippen LogP contribution in [0.2, 0.25) is 0 Å². The number of nitrogens with one attached hydrogen (secondary N) is 1. The summed E-state index contributed by atoms with van der Waals surface area (Å²) in [6, 6.07) is 6.37. The van der Waals surface area contributed by atoms with Gasteiger partial charge in [0.25, 0.3) is 15.9 Å². The molecule has 1 aromatic carbocycles. The minimum Gasteiger partial charge on any atom is -0.339 e. The summed E-state index contributed by atoms with van der Waals surface area (Å²) in [6.45, 7) is 5.09. The van der Waals surface area contributed by atoms with Crippen molar-refractivity contribution in [3.05, 3.63) is 42.2 Å². The summed E-state index contributed by atoms with van der Waals surface area (Å²) in [5.41, 5.74) is 0.919. The Balaban J connectivity index is 2.16. The van der Waals surface area contributed by atoms with Gasteiger partial charge in [-0.3, -0.25) is 14.2 Å². The Kier molecular flexibility index (Phi) is 5.05. The standard InChI is InChI=1S/C15H20N4O3S/c1-4-19(5-2)15(20)12-6-8-13(9-7-12)17-23(21,22)14-10-16-18(3)11-14/h6-11,17H,4-5H2,1-3H3. The Bertz CT molecular complexity index is 777. The predicted molar refractivity (Wildman–Crippen MR) is 87.7 cm³/mol. The molecule has 0 saturated heterocycles. The first-order valence-electron chi connectivity index (χ1n) is 7.28. The number of hydrogen-bond acceptors (Lipinski definition) is 4. The monoisotopic (exact) mass is 336 g/mol. The second-order valence-electron chi connectivity index (χ2n) is 5.01. The Morgan fingerprint density at radius 3 is 2.30 bits per heavy atom. The summed E-state index contributed by atoms with van der Waals surface area (Å²) in [5.74, 6) is -0.0725. The van der Waals surface area contributed by atoms with Crippen LogP contribution in [0.3, 0.4) is 0 Å². The van der Waals surface area contributed by atoms with Crippen LogP contribution in [-0.2, 0) is 17.1 Å². The topological polar surface area (TPSA) is 84.3 Å². The smallest absolute Gasteiger partial charge is 0.265 e. The summed E-state index contributed by atoms with van der Waals surface area (Å²) < 4.78 is 28.3. The average molecular weight is 336 g/mol. The van der Waals surface area contributed by atoms with Gasteiger partial charge in [0.2, 0.25) is 0 Å². The van der Waals surface area contributed by atoms with Crippen LogP contribution in [0.5, 0.6) is 0 Å². The number of aromatic nitrogens is 2. The largest absolute Gasteiger partial charge is 0.339 e. The van der Waals surface area contributed by atoms with Crippen molar-refractivity contribution in [2.45, 2.75) is 18.7 Å². The predicted octanol–water partition coefficient (Wildman–Crippen LogP) is 1.70. The first-order valence-corrected chi connectivity index (χ1v) is 8.76. The average Bonchev–Trinajstić information content (AvgIpc) is 2.96. The lowest BCUT2D eigenvalue weighted by Crippen LogP contribution is -2.30. The lowest BCUT2D eigenvalue weighted by molar-refractivity contribution is 0.0773. The van der Waals surface area contributed by atoms with Crippen LogP contribution in [0.15, 0.2) is 41.6 Å². The zero-order chi connectivity index (χ0) is 17.0. The van der Waals surface area contributed by atoms with E-state index in [0.29, 0.717) is 24.3 Å². The molecule has 0 bridgehead atoms. The van der Waals surface area contributed by atoms with E-state index in [9.17, 15) is 13.2 Å². The number of rotatable bonds is 6. The van der Waals surface area contributed by atoms with Crippen LogP contribution in [-0.4, -0.2) is 42.1 Å². The zero-order valence-corrected chi connectivity index (χ0v) is 14.2. The van der Waals surface area contributed by atoms with Gasteiger partial charge in [-0.05, 0) is 38.1 Å². The lowest BCUT2D eigenvalue weighted by atomic mass is 10.2. The lowest BCUT2D eigenvalue weighted by Gasteiger charge is -2.18. The molecule has 0 saturated carbocycles.